The second-order valence-electron chi connectivity index (χ2n) is 16.6. The number of nitrogens with zero attached hydrogens (tertiary/aromatic N) is 3. The van der Waals surface area contributed by atoms with Crippen LogP contribution in [0.15, 0.2) is 194 Å². The monoisotopic (exact) mass is 755 g/mol. The van der Waals surface area contributed by atoms with Gasteiger partial charge in [0.05, 0.1) is 33.5 Å². The standard InChI is InChI=1S/C56H41N3/c1-56(2,3)55-52(57-53-48-24-9-7-21-44(48)45-22-8-10-25-49(45)54(53)58-55)42-18-14-17-40(34-42)39-16-13-15-38(33-39)36-27-29-37(30-28-36)41-31-32-47-46-23-11-12-26-50(46)59(51(47)35-41)43-19-5-4-6-20-43/h4-35H,1-3H3. The Labute approximate surface area is 343 Å². The highest BCUT2D eigenvalue weighted by molar-refractivity contribution is 6.23. The van der Waals surface area contributed by atoms with E-state index in [1.807, 2.05) is 0 Å². The third-order valence-electron chi connectivity index (χ3n) is 11.8. The number of hydrogen-bond donors (Lipinski definition) is 0. The fraction of sp³-hybridized carbons (Fsp3) is 0.0714. The molecule has 0 saturated carbocycles. The van der Waals surface area contributed by atoms with Crippen LogP contribution < -0.4 is 0 Å². The Morgan fingerprint density at radius 1 is 0.339 bits per heavy atom. The van der Waals surface area contributed by atoms with Crippen molar-refractivity contribution in [3.63, 3.8) is 0 Å². The Morgan fingerprint density at radius 3 is 1.42 bits per heavy atom. The quantitative estimate of drug-likeness (QED) is 0.164. The average molecular weight is 756 g/mol. The summed E-state index contributed by atoms with van der Waals surface area (Å²) in [6, 6.07) is 70.0. The first-order valence-corrected chi connectivity index (χ1v) is 20.4. The van der Waals surface area contributed by atoms with Crippen molar-refractivity contribution in [2.75, 3.05) is 0 Å². The van der Waals surface area contributed by atoms with Crippen LogP contribution in [0.4, 0.5) is 0 Å². The molecule has 0 bridgehead atoms. The van der Waals surface area contributed by atoms with Crippen LogP contribution in [0.3, 0.4) is 0 Å². The van der Waals surface area contributed by atoms with Crippen molar-refractivity contribution < 1.29 is 0 Å². The highest BCUT2D eigenvalue weighted by atomic mass is 15.0. The molecule has 0 atom stereocenters. The molecule has 0 amide bonds. The van der Waals surface area contributed by atoms with Crippen LogP contribution in [0.5, 0.6) is 0 Å². The Bertz CT molecular complexity index is 3400. The molecule has 59 heavy (non-hydrogen) atoms. The molecular weight excluding hydrogens is 715 g/mol. The van der Waals surface area contributed by atoms with Crippen LogP contribution in [-0.2, 0) is 5.41 Å². The van der Waals surface area contributed by atoms with E-state index in [4.69, 9.17) is 9.97 Å². The minimum absolute atomic E-state index is 0.225. The van der Waals surface area contributed by atoms with Gasteiger partial charge in [-0.1, -0.05) is 178 Å². The molecule has 0 fully saturated rings. The second-order valence-corrected chi connectivity index (χ2v) is 16.6. The third-order valence-corrected chi connectivity index (χ3v) is 11.8. The van der Waals surface area contributed by atoms with Gasteiger partial charge in [0.25, 0.3) is 0 Å². The molecule has 9 aromatic carbocycles. The van der Waals surface area contributed by atoms with Gasteiger partial charge in [-0.15, -0.1) is 0 Å². The van der Waals surface area contributed by atoms with E-state index in [1.165, 1.54) is 60.5 Å². The smallest absolute Gasteiger partial charge is 0.0979 e. The Kier molecular flexibility index (Phi) is 8.06. The molecule has 2 aromatic heterocycles. The van der Waals surface area contributed by atoms with Gasteiger partial charge in [-0.05, 0) is 80.6 Å². The molecule has 280 valence electrons. The molecule has 0 unspecified atom stereocenters. The maximum Gasteiger partial charge on any atom is 0.0979 e. The Morgan fingerprint density at radius 2 is 0.797 bits per heavy atom. The predicted octanol–water partition coefficient (Wildman–Crippen LogP) is 15.0. The van der Waals surface area contributed by atoms with Crippen molar-refractivity contribution in [1.82, 2.24) is 14.5 Å². The minimum Gasteiger partial charge on any atom is -0.309 e. The summed E-state index contributed by atoms with van der Waals surface area (Å²) in [6.45, 7) is 6.70. The van der Waals surface area contributed by atoms with Crippen LogP contribution in [0.1, 0.15) is 26.5 Å². The molecule has 0 saturated heterocycles. The van der Waals surface area contributed by atoms with Gasteiger partial charge in [0.1, 0.15) is 0 Å². The molecule has 0 aliphatic carbocycles. The van der Waals surface area contributed by atoms with Crippen molar-refractivity contribution >= 4 is 54.4 Å². The van der Waals surface area contributed by atoms with Gasteiger partial charge in [-0.3, -0.25) is 0 Å². The van der Waals surface area contributed by atoms with Crippen molar-refractivity contribution in [2.24, 2.45) is 0 Å². The minimum atomic E-state index is -0.225. The summed E-state index contributed by atoms with van der Waals surface area (Å²) in [6.07, 6.45) is 0. The van der Waals surface area contributed by atoms with Gasteiger partial charge >= 0.3 is 0 Å². The van der Waals surface area contributed by atoms with Crippen LogP contribution in [-0.4, -0.2) is 14.5 Å². The zero-order valence-electron chi connectivity index (χ0n) is 33.3. The zero-order valence-corrected chi connectivity index (χ0v) is 33.3. The van der Waals surface area contributed by atoms with Crippen molar-refractivity contribution in [1.29, 1.82) is 0 Å². The summed E-state index contributed by atoms with van der Waals surface area (Å²) in [7, 11) is 0. The van der Waals surface area contributed by atoms with Gasteiger partial charge < -0.3 is 4.57 Å². The van der Waals surface area contributed by atoms with E-state index in [9.17, 15) is 0 Å². The average Bonchev–Trinajstić information content (AvgIpc) is 3.62. The largest absolute Gasteiger partial charge is 0.309 e. The SMILES string of the molecule is CC(C)(C)c1nc2c3ccccc3c3ccccc3c2nc1-c1cccc(-c2cccc(-c3ccc(-c4ccc5c6ccccc6n(-c6ccccc6)c5c4)cc3)c2)c1. The molecule has 0 aliphatic rings. The molecule has 2 heterocycles. The van der Waals surface area contributed by atoms with E-state index >= 15 is 0 Å². The van der Waals surface area contributed by atoms with Gasteiger partial charge in [0.15, 0.2) is 0 Å². The zero-order chi connectivity index (χ0) is 39.7. The normalized spacial score (nSPS) is 12.0. The molecular formula is C56H41N3. The van der Waals surface area contributed by atoms with Gasteiger partial charge in [-0.2, -0.15) is 0 Å². The summed E-state index contributed by atoms with van der Waals surface area (Å²) in [5, 5.41) is 7.19. The number of hydrogen-bond acceptors (Lipinski definition) is 2. The predicted molar refractivity (Wildman–Crippen MR) is 249 cm³/mol. The first kappa shape index (κ1) is 34.9. The van der Waals surface area contributed by atoms with Crippen molar-refractivity contribution in [3.05, 3.63) is 200 Å². The maximum atomic E-state index is 5.51. The fourth-order valence-electron chi connectivity index (χ4n) is 8.97. The Balaban J connectivity index is 0.962. The van der Waals surface area contributed by atoms with E-state index in [0.717, 1.165) is 49.9 Å². The molecule has 3 nitrogen and oxygen atoms in total. The van der Waals surface area contributed by atoms with E-state index in [2.05, 4.69) is 219 Å². The molecule has 11 rings (SSSR count). The third kappa shape index (κ3) is 5.89. The number of aromatic nitrogens is 3. The lowest BCUT2D eigenvalue weighted by molar-refractivity contribution is 0.571. The molecule has 3 heteroatoms. The topological polar surface area (TPSA) is 30.7 Å². The van der Waals surface area contributed by atoms with Gasteiger partial charge in [-0.25, -0.2) is 9.97 Å². The highest BCUT2D eigenvalue weighted by Gasteiger charge is 2.25. The molecule has 0 radical (unpaired) electrons. The molecule has 0 spiro atoms. The van der Waals surface area contributed by atoms with Crippen LogP contribution in [0.25, 0.3) is 105 Å². The first-order valence-electron chi connectivity index (χ1n) is 20.4. The maximum absolute atomic E-state index is 5.51. The number of rotatable bonds is 5. The second kappa shape index (κ2) is 13.6. The lowest BCUT2D eigenvalue weighted by Crippen LogP contribution is -2.16. The first-order chi connectivity index (χ1) is 28.9. The molecule has 0 aliphatic heterocycles. The lowest BCUT2D eigenvalue weighted by Gasteiger charge is -2.23. The van der Waals surface area contributed by atoms with Gasteiger partial charge in [0, 0.05) is 38.2 Å². The van der Waals surface area contributed by atoms with Gasteiger partial charge in [0.2, 0.25) is 0 Å². The van der Waals surface area contributed by atoms with Crippen molar-refractivity contribution in [2.45, 2.75) is 26.2 Å². The Hall–Kier alpha value is -7.36. The molecule has 0 N–H and O–H groups in total. The lowest BCUT2D eigenvalue weighted by atomic mass is 9.87. The summed E-state index contributed by atoms with van der Waals surface area (Å²) in [5.41, 5.74) is 15.3. The van der Waals surface area contributed by atoms with Crippen molar-refractivity contribution in [3.8, 4) is 50.3 Å². The summed E-state index contributed by atoms with van der Waals surface area (Å²) in [5.74, 6) is 0. The molecule has 11 aromatic rings. The number of benzene rings is 9. The highest BCUT2D eigenvalue weighted by Crippen LogP contribution is 2.40. The summed E-state index contributed by atoms with van der Waals surface area (Å²) in [4.78, 5) is 11.0. The van der Waals surface area contributed by atoms with E-state index < -0.39 is 0 Å². The van der Waals surface area contributed by atoms with Crippen LogP contribution in [0.2, 0.25) is 0 Å². The van der Waals surface area contributed by atoms with E-state index in [-0.39, 0.29) is 5.41 Å². The van der Waals surface area contributed by atoms with Crippen LogP contribution in [0, 0.1) is 0 Å². The fourth-order valence-corrected chi connectivity index (χ4v) is 8.97. The number of fused-ring (bicyclic) bond motifs is 9. The summed E-state index contributed by atoms with van der Waals surface area (Å²) >= 11 is 0. The van der Waals surface area contributed by atoms with Crippen LogP contribution >= 0.6 is 0 Å². The van der Waals surface area contributed by atoms with E-state index in [1.54, 1.807) is 0 Å². The van der Waals surface area contributed by atoms with E-state index in [0.29, 0.717) is 0 Å². The number of para-hydroxylation sites is 2. The summed E-state index contributed by atoms with van der Waals surface area (Å²) < 4.78 is 2.38.